The fourth-order valence-electron chi connectivity index (χ4n) is 4.63. The smallest absolute Gasteiger partial charge is 0.393 e. The minimum Gasteiger partial charge on any atom is -0.393 e. The molecule has 0 spiro atoms. The Labute approximate surface area is 152 Å². The number of allylic oxidation sites excluding steroid dienone is 1. The predicted octanol–water partition coefficient (Wildman–Crippen LogP) is 3.33. The molecule has 7 heteroatoms. The first-order valence-electron chi connectivity index (χ1n) is 9.33. The summed E-state index contributed by atoms with van der Waals surface area (Å²) in [5.41, 5.74) is -1.98. The van der Waals surface area contributed by atoms with E-state index in [4.69, 9.17) is 0 Å². The van der Waals surface area contributed by atoms with Crippen molar-refractivity contribution in [2.24, 2.45) is 17.3 Å². The largest absolute Gasteiger partial charge is 0.417 e. The number of hydrogen-bond donors (Lipinski definition) is 3. The lowest BCUT2D eigenvalue weighted by Gasteiger charge is -2.50. The molecule has 1 amide bonds. The van der Waals surface area contributed by atoms with Crippen molar-refractivity contribution in [1.29, 1.82) is 0 Å². The van der Waals surface area contributed by atoms with Crippen LogP contribution in [0, 0.1) is 17.3 Å². The van der Waals surface area contributed by atoms with E-state index in [1.807, 2.05) is 6.92 Å². The van der Waals surface area contributed by atoms with Crippen LogP contribution in [-0.2, 0) is 4.79 Å². The number of rotatable bonds is 5. The Bertz CT molecular complexity index is 559. The summed E-state index contributed by atoms with van der Waals surface area (Å²) in [5, 5.41) is 22.3. The molecule has 1 fully saturated rings. The van der Waals surface area contributed by atoms with Crippen molar-refractivity contribution < 1.29 is 28.2 Å². The molecular weight excluding hydrogens is 347 g/mol. The molecule has 2 aliphatic rings. The minimum absolute atomic E-state index is 0.0344. The number of halogens is 3. The molecule has 4 nitrogen and oxygen atoms in total. The van der Waals surface area contributed by atoms with Crippen LogP contribution in [0.5, 0.6) is 0 Å². The maximum Gasteiger partial charge on any atom is 0.417 e. The summed E-state index contributed by atoms with van der Waals surface area (Å²) in [5.74, 6) is -0.658. The van der Waals surface area contributed by atoms with Gasteiger partial charge in [-0.1, -0.05) is 25.5 Å². The average molecular weight is 377 g/mol. The number of aliphatic hydroxyl groups is 2. The summed E-state index contributed by atoms with van der Waals surface area (Å²) in [6.45, 7) is 4.92. The lowest BCUT2D eigenvalue weighted by atomic mass is 9.56. The summed E-state index contributed by atoms with van der Waals surface area (Å²) in [7, 11) is 0. The molecule has 150 valence electrons. The van der Waals surface area contributed by atoms with E-state index in [1.54, 1.807) is 0 Å². The third-order valence-electron chi connectivity index (χ3n) is 6.23. The number of aliphatic hydroxyl groups excluding tert-OH is 1. The summed E-state index contributed by atoms with van der Waals surface area (Å²) in [6, 6.07) is 0. The second kappa shape index (κ2) is 7.50. The van der Waals surface area contributed by atoms with Crippen molar-refractivity contribution >= 4 is 5.91 Å². The Morgan fingerprint density at radius 1 is 1.42 bits per heavy atom. The van der Waals surface area contributed by atoms with Crippen molar-refractivity contribution in [2.45, 2.75) is 77.2 Å². The first kappa shape index (κ1) is 21.2. The Morgan fingerprint density at radius 3 is 2.69 bits per heavy atom. The van der Waals surface area contributed by atoms with Crippen molar-refractivity contribution in [3.05, 3.63) is 11.6 Å². The van der Waals surface area contributed by atoms with E-state index >= 15 is 0 Å². The molecule has 2 aliphatic carbocycles. The molecule has 2 rings (SSSR count). The fraction of sp³-hybridized carbons (Fsp3) is 0.842. The van der Waals surface area contributed by atoms with E-state index in [0.717, 1.165) is 32.1 Å². The lowest BCUT2D eigenvalue weighted by molar-refractivity contribution is -0.253. The van der Waals surface area contributed by atoms with Gasteiger partial charge in [0.2, 0.25) is 5.91 Å². The fourth-order valence-corrected chi connectivity index (χ4v) is 4.63. The molecule has 0 bridgehead atoms. The highest BCUT2D eigenvalue weighted by Crippen LogP contribution is 2.53. The molecule has 3 N–H and O–H groups in total. The maximum absolute atomic E-state index is 12.7. The molecule has 0 aliphatic heterocycles. The summed E-state index contributed by atoms with van der Waals surface area (Å²) in [4.78, 5) is 11.9. The number of carbonyl (C=O) groups excluding carboxylic acids is 1. The van der Waals surface area contributed by atoms with Gasteiger partial charge in [-0.3, -0.25) is 4.79 Å². The molecule has 0 aromatic heterocycles. The van der Waals surface area contributed by atoms with E-state index in [-0.39, 0.29) is 29.9 Å². The second-order valence-corrected chi connectivity index (χ2v) is 8.37. The van der Waals surface area contributed by atoms with Crippen molar-refractivity contribution in [3.8, 4) is 0 Å². The van der Waals surface area contributed by atoms with Gasteiger partial charge < -0.3 is 15.5 Å². The highest BCUT2D eigenvalue weighted by Gasteiger charge is 2.51. The molecule has 0 unspecified atom stereocenters. The van der Waals surface area contributed by atoms with E-state index in [2.05, 4.69) is 18.3 Å². The SMILES string of the molecule is C[C@H](CNC(=O)C[C@](C)(O)C(F)(F)F)C1=CCC[C@H]2[C@@H](O)CCC[C@]12C. The van der Waals surface area contributed by atoms with Crippen LogP contribution in [0.3, 0.4) is 0 Å². The van der Waals surface area contributed by atoms with Gasteiger partial charge in [-0.2, -0.15) is 13.2 Å². The highest BCUT2D eigenvalue weighted by molar-refractivity contribution is 5.77. The van der Waals surface area contributed by atoms with E-state index in [9.17, 15) is 28.2 Å². The maximum atomic E-state index is 12.7. The van der Waals surface area contributed by atoms with Crippen LogP contribution in [0.1, 0.15) is 59.3 Å². The van der Waals surface area contributed by atoms with Gasteiger partial charge in [-0.25, -0.2) is 0 Å². The first-order chi connectivity index (χ1) is 11.9. The molecule has 0 radical (unpaired) electrons. The Hall–Kier alpha value is -1.08. The van der Waals surface area contributed by atoms with Crippen LogP contribution >= 0.6 is 0 Å². The third kappa shape index (κ3) is 4.25. The van der Waals surface area contributed by atoms with Gasteiger partial charge in [0, 0.05) is 6.54 Å². The number of nitrogens with one attached hydrogen (secondary N) is 1. The van der Waals surface area contributed by atoms with E-state index in [0.29, 0.717) is 6.92 Å². The predicted molar refractivity (Wildman–Crippen MR) is 92.2 cm³/mol. The topological polar surface area (TPSA) is 69.6 Å². The second-order valence-electron chi connectivity index (χ2n) is 8.37. The van der Waals surface area contributed by atoms with Crippen LogP contribution in [0.4, 0.5) is 13.2 Å². The van der Waals surface area contributed by atoms with Crippen molar-refractivity contribution in [3.63, 3.8) is 0 Å². The molecule has 0 aromatic carbocycles. The lowest BCUT2D eigenvalue weighted by Crippen LogP contribution is -2.47. The van der Waals surface area contributed by atoms with Gasteiger partial charge in [0.1, 0.15) is 0 Å². The zero-order valence-corrected chi connectivity index (χ0v) is 15.7. The van der Waals surface area contributed by atoms with Crippen LogP contribution in [0.2, 0.25) is 0 Å². The third-order valence-corrected chi connectivity index (χ3v) is 6.23. The standard InChI is InChI=1S/C19H30F3NO3/c1-12(11-23-16(25)10-18(3,26)19(20,21)22)13-6-4-7-14-15(24)8-5-9-17(13,14)2/h6,12,14-15,24,26H,4-5,7-11H2,1-3H3,(H,23,25)/t12-,14+,15+,17-,18+/m1/s1. The van der Waals surface area contributed by atoms with Gasteiger partial charge in [0.25, 0.3) is 0 Å². The first-order valence-corrected chi connectivity index (χ1v) is 9.33. The van der Waals surface area contributed by atoms with Crippen LogP contribution in [0.15, 0.2) is 11.6 Å². The number of alkyl halides is 3. The summed E-state index contributed by atoms with van der Waals surface area (Å²) in [6.07, 6.45) is 0.522. The highest BCUT2D eigenvalue weighted by atomic mass is 19.4. The Balaban J connectivity index is 1.98. The Kier molecular flexibility index (Phi) is 6.13. The molecule has 1 saturated carbocycles. The minimum atomic E-state index is -4.85. The molecule has 0 heterocycles. The number of fused-ring (bicyclic) bond motifs is 1. The molecule has 0 saturated heterocycles. The number of amides is 1. The zero-order valence-electron chi connectivity index (χ0n) is 15.7. The van der Waals surface area contributed by atoms with Gasteiger partial charge in [0.15, 0.2) is 5.60 Å². The average Bonchev–Trinajstić information content (AvgIpc) is 2.50. The molecule has 26 heavy (non-hydrogen) atoms. The van der Waals surface area contributed by atoms with Crippen LogP contribution in [-0.4, -0.2) is 40.5 Å². The van der Waals surface area contributed by atoms with Crippen LogP contribution < -0.4 is 5.32 Å². The quantitative estimate of drug-likeness (QED) is 0.644. The van der Waals surface area contributed by atoms with Gasteiger partial charge >= 0.3 is 6.18 Å². The van der Waals surface area contributed by atoms with E-state index in [1.165, 1.54) is 5.57 Å². The molecule has 0 aromatic rings. The Morgan fingerprint density at radius 2 is 2.08 bits per heavy atom. The normalized spacial score (nSPS) is 32.8. The van der Waals surface area contributed by atoms with Gasteiger partial charge in [0.05, 0.1) is 12.5 Å². The molecular formula is C19H30F3NO3. The summed E-state index contributed by atoms with van der Waals surface area (Å²) >= 11 is 0. The zero-order chi connectivity index (χ0) is 19.8. The van der Waals surface area contributed by atoms with Gasteiger partial charge in [-0.15, -0.1) is 0 Å². The number of hydrogen-bond acceptors (Lipinski definition) is 3. The van der Waals surface area contributed by atoms with Gasteiger partial charge in [-0.05, 0) is 56.3 Å². The monoisotopic (exact) mass is 377 g/mol. The summed E-state index contributed by atoms with van der Waals surface area (Å²) < 4.78 is 38.1. The number of carbonyl (C=O) groups is 1. The van der Waals surface area contributed by atoms with Crippen molar-refractivity contribution in [1.82, 2.24) is 5.32 Å². The van der Waals surface area contributed by atoms with Crippen molar-refractivity contribution in [2.75, 3.05) is 6.54 Å². The van der Waals surface area contributed by atoms with E-state index < -0.39 is 24.1 Å². The van der Waals surface area contributed by atoms with Crippen LogP contribution in [0.25, 0.3) is 0 Å². The molecule has 5 atom stereocenters.